The molecule has 0 radical (unpaired) electrons. The van der Waals surface area contributed by atoms with Crippen LogP contribution < -0.4 is 10.6 Å². The van der Waals surface area contributed by atoms with Gasteiger partial charge < -0.3 is 10.4 Å². The van der Waals surface area contributed by atoms with Crippen LogP contribution in [0.15, 0.2) is 24.3 Å². The molecule has 2 amide bonds. The summed E-state index contributed by atoms with van der Waals surface area (Å²) in [5, 5.41) is 19.3. The van der Waals surface area contributed by atoms with Gasteiger partial charge in [-0.05, 0) is 69.7 Å². The highest BCUT2D eigenvalue weighted by Crippen LogP contribution is 2.24. The molecule has 1 fully saturated rings. The molecule has 1 aromatic heterocycles. The molecule has 7 heteroatoms. The number of carbonyl (C=O) groups is 2. The summed E-state index contributed by atoms with van der Waals surface area (Å²) in [6.45, 7) is 6.03. The third-order valence-electron chi connectivity index (χ3n) is 4.99. The van der Waals surface area contributed by atoms with Crippen LogP contribution in [0.25, 0.3) is 5.69 Å². The van der Waals surface area contributed by atoms with Gasteiger partial charge in [-0.2, -0.15) is 0 Å². The number of aromatic nitrogens is 2. The standard InChI is InChI=1S/C20H26N4O3/c1-12-8-13(2)10-17(9-12)24-14(3)11-18(23-24)22-20(27)21-16-6-4-15(5-7-16)19(25)26/h8-11,15-16H,4-7H2,1-3H3,(H,25,26)(H2,21,22,23,27). The Morgan fingerprint density at radius 1 is 1.04 bits per heavy atom. The number of aryl methyl sites for hydroxylation is 3. The molecule has 1 heterocycles. The summed E-state index contributed by atoms with van der Waals surface area (Å²) in [6.07, 6.45) is 2.56. The largest absolute Gasteiger partial charge is 0.481 e. The van der Waals surface area contributed by atoms with E-state index in [-0.39, 0.29) is 18.0 Å². The average molecular weight is 370 g/mol. The van der Waals surface area contributed by atoms with Gasteiger partial charge in [0.15, 0.2) is 5.82 Å². The molecule has 27 heavy (non-hydrogen) atoms. The number of urea groups is 1. The minimum Gasteiger partial charge on any atom is -0.481 e. The third-order valence-corrected chi connectivity index (χ3v) is 4.99. The maximum absolute atomic E-state index is 12.3. The third kappa shape index (κ3) is 4.67. The first-order valence-electron chi connectivity index (χ1n) is 9.27. The summed E-state index contributed by atoms with van der Waals surface area (Å²) < 4.78 is 1.81. The van der Waals surface area contributed by atoms with Gasteiger partial charge in [0.1, 0.15) is 0 Å². The first-order valence-corrected chi connectivity index (χ1v) is 9.27. The molecule has 1 aliphatic carbocycles. The van der Waals surface area contributed by atoms with Gasteiger partial charge in [-0.3, -0.25) is 10.1 Å². The van der Waals surface area contributed by atoms with E-state index in [0.717, 1.165) is 22.5 Å². The monoisotopic (exact) mass is 370 g/mol. The smallest absolute Gasteiger partial charge is 0.320 e. The number of carboxylic acids is 1. The van der Waals surface area contributed by atoms with Crippen molar-refractivity contribution in [3.8, 4) is 5.69 Å². The van der Waals surface area contributed by atoms with Crippen LogP contribution in [0.5, 0.6) is 0 Å². The molecule has 0 unspecified atom stereocenters. The topological polar surface area (TPSA) is 96.3 Å². The molecular formula is C20H26N4O3. The van der Waals surface area contributed by atoms with E-state index in [1.807, 2.05) is 31.5 Å². The summed E-state index contributed by atoms with van der Waals surface area (Å²) in [5.41, 5.74) is 4.20. The summed E-state index contributed by atoms with van der Waals surface area (Å²) in [6, 6.07) is 7.74. The van der Waals surface area contributed by atoms with Crippen molar-refractivity contribution in [3.05, 3.63) is 41.1 Å². The maximum atomic E-state index is 12.3. The Balaban J connectivity index is 1.61. The summed E-state index contributed by atoms with van der Waals surface area (Å²) in [7, 11) is 0. The Hall–Kier alpha value is -2.83. The van der Waals surface area contributed by atoms with Crippen LogP contribution in [-0.2, 0) is 4.79 Å². The van der Waals surface area contributed by atoms with Crippen LogP contribution in [0.3, 0.4) is 0 Å². The lowest BCUT2D eigenvalue weighted by Gasteiger charge is -2.26. The fourth-order valence-corrected chi connectivity index (χ4v) is 3.69. The maximum Gasteiger partial charge on any atom is 0.320 e. The first-order chi connectivity index (χ1) is 12.8. The normalized spacial score (nSPS) is 19.5. The second kappa shape index (κ2) is 7.82. The second-order valence-corrected chi connectivity index (χ2v) is 7.41. The molecule has 0 spiro atoms. The summed E-state index contributed by atoms with van der Waals surface area (Å²) >= 11 is 0. The molecule has 144 valence electrons. The van der Waals surface area contributed by atoms with E-state index < -0.39 is 5.97 Å². The number of nitrogens with zero attached hydrogens (tertiary/aromatic N) is 2. The molecule has 1 aliphatic rings. The van der Waals surface area contributed by atoms with Crippen LogP contribution in [0.4, 0.5) is 10.6 Å². The molecule has 3 rings (SSSR count). The lowest BCUT2D eigenvalue weighted by atomic mass is 9.86. The molecule has 0 saturated heterocycles. The van der Waals surface area contributed by atoms with E-state index in [2.05, 4.69) is 33.9 Å². The van der Waals surface area contributed by atoms with Gasteiger partial charge >= 0.3 is 12.0 Å². The van der Waals surface area contributed by atoms with Crippen LogP contribution >= 0.6 is 0 Å². The van der Waals surface area contributed by atoms with E-state index >= 15 is 0 Å². The van der Waals surface area contributed by atoms with Crippen LogP contribution in [0.2, 0.25) is 0 Å². The minimum absolute atomic E-state index is 0.00297. The van der Waals surface area contributed by atoms with Gasteiger partial charge in [0, 0.05) is 17.8 Å². The number of carboxylic acid groups (broad SMARTS) is 1. The van der Waals surface area contributed by atoms with E-state index in [1.54, 1.807) is 0 Å². The number of aliphatic carboxylic acids is 1. The highest BCUT2D eigenvalue weighted by atomic mass is 16.4. The van der Waals surface area contributed by atoms with Crippen molar-refractivity contribution in [2.45, 2.75) is 52.5 Å². The Morgan fingerprint density at radius 3 is 2.26 bits per heavy atom. The van der Waals surface area contributed by atoms with Gasteiger partial charge in [-0.1, -0.05) is 6.07 Å². The Bertz CT molecular complexity index is 831. The molecule has 2 aromatic rings. The van der Waals surface area contributed by atoms with E-state index in [4.69, 9.17) is 5.11 Å². The molecule has 0 bridgehead atoms. The van der Waals surface area contributed by atoms with Gasteiger partial charge in [0.25, 0.3) is 0 Å². The Morgan fingerprint density at radius 2 is 1.67 bits per heavy atom. The van der Waals surface area contributed by atoms with E-state index in [1.165, 1.54) is 0 Å². The van der Waals surface area contributed by atoms with Crippen molar-refractivity contribution in [3.63, 3.8) is 0 Å². The molecule has 3 N–H and O–H groups in total. The second-order valence-electron chi connectivity index (χ2n) is 7.41. The van der Waals surface area contributed by atoms with Gasteiger partial charge in [-0.25, -0.2) is 9.48 Å². The van der Waals surface area contributed by atoms with E-state index in [9.17, 15) is 9.59 Å². The average Bonchev–Trinajstić information content (AvgIpc) is 2.94. The van der Waals surface area contributed by atoms with Gasteiger partial charge in [0.2, 0.25) is 0 Å². The molecule has 7 nitrogen and oxygen atoms in total. The zero-order valence-corrected chi connectivity index (χ0v) is 16.0. The first kappa shape index (κ1) is 18.9. The number of nitrogens with one attached hydrogen (secondary N) is 2. The lowest BCUT2D eigenvalue weighted by Crippen LogP contribution is -2.41. The number of hydrogen-bond acceptors (Lipinski definition) is 3. The molecular weight excluding hydrogens is 344 g/mol. The fourth-order valence-electron chi connectivity index (χ4n) is 3.69. The number of rotatable bonds is 4. The zero-order chi connectivity index (χ0) is 19.6. The van der Waals surface area contributed by atoms with Crippen molar-refractivity contribution >= 4 is 17.8 Å². The Kier molecular flexibility index (Phi) is 5.48. The fraction of sp³-hybridized carbons (Fsp3) is 0.450. The number of amides is 2. The minimum atomic E-state index is -0.745. The Labute approximate surface area is 158 Å². The SMILES string of the molecule is Cc1cc(C)cc(-n2nc(NC(=O)NC3CCC(C(=O)O)CC3)cc2C)c1. The lowest BCUT2D eigenvalue weighted by molar-refractivity contribution is -0.142. The van der Waals surface area contributed by atoms with Crippen LogP contribution in [-0.4, -0.2) is 32.9 Å². The predicted molar refractivity (Wildman–Crippen MR) is 103 cm³/mol. The number of carbonyl (C=O) groups excluding carboxylic acids is 1. The number of benzene rings is 1. The molecule has 1 saturated carbocycles. The van der Waals surface area contributed by atoms with Crippen LogP contribution in [0, 0.1) is 26.7 Å². The summed E-state index contributed by atoms with van der Waals surface area (Å²) in [4.78, 5) is 23.3. The predicted octanol–water partition coefficient (Wildman–Crippen LogP) is 3.56. The zero-order valence-electron chi connectivity index (χ0n) is 16.0. The quantitative estimate of drug-likeness (QED) is 0.767. The highest BCUT2D eigenvalue weighted by Gasteiger charge is 2.26. The van der Waals surface area contributed by atoms with Crippen molar-refractivity contribution in [1.29, 1.82) is 0 Å². The van der Waals surface area contributed by atoms with Crippen molar-refractivity contribution in [2.24, 2.45) is 5.92 Å². The molecule has 0 atom stereocenters. The molecule has 1 aromatic carbocycles. The van der Waals surface area contributed by atoms with E-state index in [0.29, 0.717) is 31.5 Å². The van der Waals surface area contributed by atoms with Crippen LogP contribution in [0.1, 0.15) is 42.5 Å². The highest BCUT2D eigenvalue weighted by molar-refractivity contribution is 5.88. The van der Waals surface area contributed by atoms with Crippen molar-refractivity contribution < 1.29 is 14.7 Å². The number of hydrogen-bond donors (Lipinski definition) is 3. The van der Waals surface area contributed by atoms with Crippen molar-refractivity contribution in [1.82, 2.24) is 15.1 Å². The number of anilines is 1. The summed E-state index contributed by atoms with van der Waals surface area (Å²) in [5.74, 6) is -0.545. The van der Waals surface area contributed by atoms with Gasteiger partial charge in [-0.15, -0.1) is 5.10 Å². The van der Waals surface area contributed by atoms with Crippen molar-refractivity contribution in [2.75, 3.05) is 5.32 Å². The molecule has 0 aliphatic heterocycles. The van der Waals surface area contributed by atoms with Gasteiger partial charge in [0.05, 0.1) is 11.6 Å².